The van der Waals surface area contributed by atoms with Crippen LogP contribution in [0.1, 0.15) is 32.3 Å². The lowest BCUT2D eigenvalue weighted by Gasteiger charge is -2.26. The number of nitrogens with two attached hydrogens (primary N) is 1. The summed E-state index contributed by atoms with van der Waals surface area (Å²) in [6.45, 7) is 6.74. The predicted octanol–water partition coefficient (Wildman–Crippen LogP) is 3.17. The molecule has 3 rings (SSSR count). The number of benzene rings is 2. The van der Waals surface area contributed by atoms with Crippen molar-refractivity contribution in [3.8, 4) is 0 Å². The topological polar surface area (TPSA) is 93.9 Å². The highest BCUT2D eigenvalue weighted by molar-refractivity contribution is 7.82. The minimum atomic E-state index is -1.30. The highest BCUT2D eigenvalue weighted by Gasteiger charge is 2.22. The molecule has 0 aromatic heterocycles. The van der Waals surface area contributed by atoms with Crippen molar-refractivity contribution in [2.45, 2.75) is 50.2 Å². The first-order valence-electron chi connectivity index (χ1n) is 12.0. The number of hydrogen-bond donors (Lipinski definition) is 2. The van der Waals surface area contributed by atoms with Crippen molar-refractivity contribution in [1.29, 1.82) is 0 Å². The molecular formula is C26H37N3O4S. The van der Waals surface area contributed by atoms with Gasteiger partial charge in [0.05, 0.1) is 17.6 Å². The summed E-state index contributed by atoms with van der Waals surface area (Å²) < 4.78 is 26.3. The fourth-order valence-electron chi connectivity index (χ4n) is 3.91. The normalized spacial score (nSPS) is 17.7. The van der Waals surface area contributed by atoms with Crippen molar-refractivity contribution in [1.82, 2.24) is 9.62 Å². The van der Waals surface area contributed by atoms with E-state index in [0.29, 0.717) is 50.8 Å². The molecule has 7 nitrogen and oxygen atoms in total. The van der Waals surface area contributed by atoms with E-state index in [1.165, 1.54) is 0 Å². The monoisotopic (exact) mass is 487 g/mol. The van der Waals surface area contributed by atoms with Gasteiger partial charge >= 0.3 is 0 Å². The van der Waals surface area contributed by atoms with Gasteiger partial charge in [0.2, 0.25) is 5.91 Å². The van der Waals surface area contributed by atoms with E-state index in [1.807, 2.05) is 34.6 Å². The van der Waals surface area contributed by atoms with E-state index in [-0.39, 0.29) is 24.7 Å². The van der Waals surface area contributed by atoms with E-state index >= 15 is 0 Å². The fourth-order valence-corrected chi connectivity index (χ4v) is 5.29. The molecule has 0 radical (unpaired) electrons. The Morgan fingerprint density at radius 3 is 2.59 bits per heavy atom. The molecule has 3 N–H and O–H groups in total. The van der Waals surface area contributed by atoms with Crippen molar-refractivity contribution in [3.63, 3.8) is 0 Å². The Kier molecular flexibility index (Phi) is 10.5. The summed E-state index contributed by atoms with van der Waals surface area (Å²) in [6.07, 6.45) is 2.17. The van der Waals surface area contributed by atoms with Crippen molar-refractivity contribution in [3.05, 3.63) is 60.2 Å². The molecule has 1 aliphatic rings. The molecule has 0 saturated carbocycles. The zero-order valence-electron chi connectivity index (χ0n) is 20.2. The van der Waals surface area contributed by atoms with Crippen molar-refractivity contribution in [2.24, 2.45) is 5.92 Å². The van der Waals surface area contributed by atoms with Crippen LogP contribution < -0.4 is 11.1 Å². The fraction of sp³-hybridized carbons (Fsp3) is 0.500. The third-order valence-corrected chi connectivity index (χ3v) is 7.12. The smallest absolute Gasteiger partial charge is 0.246 e. The van der Waals surface area contributed by atoms with Crippen LogP contribution in [-0.4, -0.2) is 59.5 Å². The molecular weight excluding hydrogens is 450 g/mol. The number of ether oxygens (including phenoxy) is 2. The number of hydrogen-bond acceptors (Lipinski definition) is 5. The first kappa shape index (κ1) is 26.3. The largest absolute Gasteiger partial charge is 0.399 e. The maximum absolute atomic E-state index is 13.3. The lowest BCUT2D eigenvalue weighted by Crippen LogP contribution is -2.42. The Hall–Kier alpha value is -2.26. The minimum absolute atomic E-state index is 0.0119. The number of nitrogen functional groups attached to an aromatic ring is 1. The average Bonchev–Trinajstić information content (AvgIpc) is 3.34. The van der Waals surface area contributed by atoms with Crippen LogP contribution >= 0.6 is 0 Å². The Labute approximate surface area is 205 Å². The quantitative estimate of drug-likeness (QED) is 0.423. The summed E-state index contributed by atoms with van der Waals surface area (Å²) in [5, 5.41) is 3.14. The van der Waals surface area contributed by atoms with Crippen LogP contribution in [0.3, 0.4) is 0 Å². The number of anilines is 1. The third-order valence-electron chi connectivity index (χ3n) is 5.64. The van der Waals surface area contributed by atoms with Crippen LogP contribution in [0.2, 0.25) is 0 Å². The summed E-state index contributed by atoms with van der Waals surface area (Å²) in [7, 11) is -1.30. The van der Waals surface area contributed by atoms with Gasteiger partial charge in [-0.25, -0.2) is 8.51 Å². The van der Waals surface area contributed by atoms with E-state index in [0.717, 1.165) is 16.9 Å². The van der Waals surface area contributed by atoms with Gasteiger partial charge in [-0.05, 0) is 55.0 Å². The Morgan fingerprint density at radius 1 is 1.21 bits per heavy atom. The van der Waals surface area contributed by atoms with Gasteiger partial charge in [-0.2, -0.15) is 0 Å². The molecule has 1 saturated heterocycles. The second kappa shape index (κ2) is 13.6. The molecule has 0 spiro atoms. The molecule has 3 atom stereocenters. The molecule has 186 valence electrons. The van der Waals surface area contributed by atoms with Crippen LogP contribution in [0.5, 0.6) is 0 Å². The van der Waals surface area contributed by atoms with Gasteiger partial charge in [0, 0.05) is 31.4 Å². The lowest BCUT2D eigenvalue weighted by molar-refractivity contribution is -0.128. The van der Waals surface area contributed by atoms with Gasteiger partial charge in [0.1, 0.15) is 17.6 Å². The van der Waals surface area contributed by atoms with Gasteiger partial charge < -0.3 is 20.5 Å². The SMILES string of the molecule is CC(C)CN(CCC(Cc1ccccc1)NC(=O)COC1CCOC1)S(=O)c1ccc(N)cc1. The minimum Gasteiger partial charge on any atom is -0.399 e. The molecule has 8 heteroatoms. The highest BCUT2D eigenvalue weighted by atomic mass is 32.2. The van der Waals surface area contributed by atoms with Crippen molar-refractivity contribution < 1.29 is 18.5 Å². The van der Waals surface area contributed by atoms with Crippen LogP contribution in [0, 0.1) is 5.92 Å². The molecule has 2 aromatic rings. The standard InChI is InChI=1S/C26H37N3O4S/c1-20(2)17-29(34(31)25-10-8-22(27)9-11-25)14-12-23(16-21-6-4-3-5-7-21)28-26(30)19-33-24-13-15-32-18-24/h3-11,20,23-24H,12-19,27H2,1-2H3,(H,28,30). The lowest BCUT2D eigenvalue weighted by atomic mass is 10.0. The van der Waals surface area contributed by atoms with E-state index in [4.69, 9.17) is 15.2 Å². The molecule has 1 amide bonds. The number of amides is 1. The second-order valence-electron chi connectivity index (χ2n) is 9.14. The summed E-state index contributed by atoms with van der Waals surface area (Å²) in [4.78, 5) is 13.4. The number of carbonyl (C=O) groups excluding carboxylic acids is 1. The Balaban J connectivity index is 1.64. The molecule has 3 unspecified atom stereocenters. The molecule has 1 fully saturated rings. The van der Waals surface area contributed by atoms with Crippen molar-refractivity contribution >= 4 is 22.6 Å². The Morgan fingerprint density at radius 2 is 1.94 bits per heavy atom. The summed E-state index contributed by atoms with van der Waals surface area (Å²) in [5.74, 6) is 0.213. The maximum Gasteiger partial charge on any atom is 0.246 e. The van der Waals surface area contributed by atoms with Gasteiger partial charge in [-0.15, -0.1) is 0 Å². The van der Waals surface area contributed by atoms with Crippen LogP contribution in [-0.2, 0) is 31.7 Å². The summed E-state index contributed by atoms with van der Waals surface area (Å²) in [6, 6.07) is 17.2. The first-order chi connectivity index (χ1) is 16.4. The maximum atomic E-state index is 13.3. The molecule has 2 aromatic carbocycles. The zero-order valence-corrected chi connectivity index (χ0v) is 21.0. The van der Waals surface area contributed by atoms with E-state index in [1.54, 1.807) is 12.1 Å². The van der Waals surface area contributed by atoms with Gasteiger partial charge in [0.25, 0.3) is 0 Å². The first-order valence-corrected chi connectivity index (χ1v) is 13.1. The molecule has 0 aliphatic carbocycles. The van der Waals surface area contributed by atoms with Crippen LogP contribution in [0.15, 0.2) is 59.5 Å². The summed E-state index contributed by atoms with van der Waals surface area (Å²) >= 11 is 0. The van der Waals surface area contributed by atoms with Crippen molar-refractivity contribution in [2.75, 3.05) is 38.6 Å². The Bertz CT molecular complexity index is 902. The number of carbonyl (C=O) groups is 1. The third kappa shape index (κ3) is 8.83. The number of nitrogens with zero attached hydrogens (tertiary/aromatic N) is 1. The molecule has 34 heavy (non-hydrogen) atoms. The summed E-state index contributed by atoms with van der Waals surface area (Å²) in [5.41, 5.74) is 7.59. The molecule has 0 bridgehead atoms. The number of rotatable bonds is 13. The van der Waals surface area contributed by atoms with E-state index in [2.05, 4.69) is 31.3 Å². The number of nitrogens with one attached hydrogen (secondary N) is 1. The van der Waals surface area contributed by atoms with Gasteiger partial charge in [-0.3, -0.25) is 4.79 Å². The van der Waals surface area contributed by atoms with Crippen LogP contribution in [0.4, 0.5) is 5.69 Å². The highest BCUT2D eigenvalue weighted by Crippen LogP contribution is 2.17. The average molecular weight is 488 g/mol. The zero-order chi connectivity index (χ0) is 24.3. The van der Waals surface area contributed by atoms with Gasteiger partial charge in [0.15, 0.2) is 0 Å². The molecule has 1 heterocycles. The van der Waals surface area contributed by atoms with Gasteiger partial charge in [-0.1, -0.05) is 44.2 Å². The van der Waals surface area contributed by atoms with Crippen LogP contribution in [0.25, 0.3) is 0 Å². The second-order valence-corrected chi connectivity index (χ2v) is 10.6. The molecule has 1 aliphatic heterocycles. The van der Waals surface area contributed by atoms with E-state index in [9.17, 15) is 9.00 Å². The predicted molar refractivity (Wildman–Crippen MR) is 136 cm³/mol. The van der Waals surface area contributed by atoms with E-state index < -0.39 is 11.0 Å².